The van der Waals surface area contributed by atoms with Crippen LogP contribution in [0.1, 0.15) is 26.5 Å². The SMILES string of the molecule is CC(C)(C)c1csc(NC(=O)Cn2ccc3ccccc32)n1. The van der Waals surface area contributed by atoms with E-state index in [1.165, 1.54) is 11.3 Å². The number of aromatic nitrogens is 2. The minimum Gasteiger partial charge on any atom is -0.338 e. The number of carbonyl (C=O) groups is 1. The van der Waals surface area contributed by atoms with Crippen LogP contribution in [-0.2, 0) is 16.8 Å². The van der Waals surface area contributed by atoms with E-state index in [-0.39, 0.29) is 17.9 Å². The quantitative estimate of drug-likeness (QED) is 0.793. The highest BCUT2D eigenvalue weighted by atomic mass is 32.1. The molecule has 0 fully saturated rings. The molecule has 0 saturated heterocycles. The number of hydrogen-bond donors (Lipinski definition) is 1. The summed E-state index contributed by atoms with van der Waals surface area (Å²) >= 11 is 1.47. The highest BCUT2D eigenvalue weighted by Gasteiger charge is 2.18. The molecule has 0 saturated carbocycles. The number of amides is 1. The number of rotatable bonds is 3. The van der Waals surface area contributed by atoms with Gasteiger partial charge in [0.25, 0.3) is 0 Å². The Labute approximate surface area is 133 Å². The molecule has 22 heavy (non-hydrogen) atoms. The van der Waals surface area contributed by atoms with Crippen molar-refractivity contribution in [1.82, 2.24) is 9.55 Å². The Morgan fingerprint density at radius 2 is 2.05 bits per heavy atom. The summed E-state index contributed by atoms with van der Waals surface area (Å²) in [4.78, 5) is 16.7. The van der Waals surface area contributed by atoms with E-state index in [1.807, 2.05) is 46.5 Å². The third-order valence-electron chi connectivity index (χ3n) is 3.51. The number of fused-ring (bicyclic) bond motifs is 1. The van der Waals surface area contributed by atoms with Crippen LogP contribution in [0.2, 0.25) is 0 Å². The topological polar surface area (TPSA) is 46.9 Å². The van der Waals surface area contributed by atoms with Crippen LogP contribution in [0.3, 0.4) is 0 Å². The molecule has 0 aliphatic carbocycles. The van der Waals surface area contributed by atoms with Gasteiger partial charge in [-0.15, -0.1) is 11.3 Å². The van der Waals surface area contributed by atoms with Crippen molar-refractivity contribution in [2.75, 3.05) is 5.32 Å². The van der Waals surface area contributed by atoms with Gasteiger partial charge < -0.3 is 9.88 Å². The highest BCUT2D eigenvalue weighted by Crippen LogP contribution is 2.26. The maximum Gasteiger partial charge on any atom is 0.246 e. The second kappa shape index (κ2) is 5.57. The normalized spacial score (nSPS) is 11.8. The molecule has 1 N–H and O–H groups in total. The van der Waals surface area contributed by atoms with Gasteiger partial charge in [0.05, 0.1) is 5.69 Å². The van der Waals surface area contributed by atoms with Crippen LogP contribution in [0.4, 0.5) is 5.13 Å². The molecule has 5 heteroatoms. The Bertz CT molecular complexity index is 811. The standard InChI is InChI=1S/C17H19N3OS/c1-17(2,3)14-11-22-16(18-14)19-15(21)10-20-9-8-12-6-4-5-7-13(12)20/h4-9,11H,10H2,1-3H3,(H,18,19,21). The third-order valence-corrected chi connectivity index (χ3v) is 4.27. The highest BCUT2D eigenvalue weighted by molar-refractivity contribution is 7.13. The van der Waals surface area contributed by atoms with Gasteiger partial charge >= 0.3 is 0 Å². The molecule has 4 nitrogen and oxygen atoms in total. The molecule has 0 unspecified atom stereocenters. The zero-order chi connectivity index (χ0) is 15.7. The lowest BCUT2D eigenvalue weighted by Crippen LogP contribution is -2.18. The molecule has 114 valence electrons. The van der Waals surface area contributed by atoms with Crippen LogP contribution in [0.15, 0.2) is 41.9 Å². The first kappa shape index (κ1) is 14.8. The first-order valence-corrected chi connectivity index (χ1v) is 8.11. The molecule has 2 heterocycles. The second-order valence-corrected chi connectivity index (χ2v) is 7.20. The van der Waals surface area contributed by atoms with E-state index in [4.69, 9.17) is 0 Å². The summed E-state index contributed by atoms with van der Waals surface area (Å²) in [5, 5.41) is 6.68. The van der Waals surface area contributed by atoms with Gasteiger partial charge in [-0.2, -0.15) is 0 Å². The second-order valence-electron chi connectivity index (χ2n) is 6.34. The number of anilines is 1. The zero-order valence-electron chi connectivity index (χ0n) is 13.0. The Kier molecular flexibility index (Phi) is 3.74. The summed E-state index contributed by atoms with van der Waals surface area (Å²) in [5.74, 6) is -0.0591. The molecule has 0 aliphatic heterocycles. The first-order valence-electron chi connectivity index (χ1n) is 7.23. The molecule has 1 aromatic carbocycles. The van der Waals surface area contributed by atoms with Crippen LogP contribution < -0.4 is 5.32 Å². The van der Waals surface area contributed by atoms with E-state index in [9.17, 15) is 4.79 Å². The van der Waals surface area contributed by atoms with Crippen LogP contribution in [0.25, 0.3) is 10.9 Å². The van der Waals surface area contributed by atoms with E-state index in [1.54, 1.807) is 0 Å². The number of hydrogen-bond acceptors (Lipinski definition) is 3. The van der Waals surface area contributed by atoms with Gasteiger partial charge in [0.15, 0.2) is 5.13 Å². The van der Waals surface area contributed by atoms with E-state index >= 15 is 0 Å². The van der Waals surface area contributed by atoms with Crippen molar-refractivity contribution in [1.29, 1.82) is 0 Å². The molecule has 0 radical (unpaired) electrons. The predicted octanol–water partition coefficient (Wildman–Crippen LogP) is 4.03. The molecule has 3 aromatic rings. The Morgan fingerprint density at radius 3 is 2.77 bits per heavy atom. The first-order chi connectivity index (χ1) is 10.4. The van der Waals surface area contributed by atoms with Gasteiger partial charge in [-0.3, -0.25) is 4.79 Å². The van der Waals surface area contributed by atoms with Crippen molar-refractivity contribution in [3.05, 3.63) is 47.6 Å². The van der Waals surface area contributed by atoms with Gasteiger partial charge in [0.2, 0.25) is 5.91 Å². The van der Waals surface area contributed by atoms with Gasteiger partial charge in [0, 0.05) is 22.5 Å². The lowest BCUT2D eigenvalue weighted by Gasteiger charge is -2.14. The van der Waals surface area contributed by atoms with Gasteiger partial charge in [0.1, 0.15) is 6.54 Å². The van der Waals surface area contributed by atoms with Crippen molar-refractivity contribution in [3.8, 4) is 0 Å². The number of nitrogens with zero attached hydrogens (tertiary/aromatic N) is 2. The number of para-hydroxylation sites is 1. The Hall–Kier alpha value is -2.14. The third kappa shape index (κ3) is 3.04. The van der Waals surface area contributed by atoms with Crippen molar-refractivity contribution < 1.29 is 4.79 Å². The molecule has 0 atom stereocenters. The van der Waals surface area contributed by atoms with Crippen LogP contribution >= 0.6 is 11.3 Å². The maximum atomic E-state index is 12.2. The average Bonchev–Trinajstić information content (AvgIpc) is 3.06. The largest absolute Gasteiger partial charge is 0.338 e. The molecule has 0 bridgehead atoms. The fraction of sp³-hybridized carbons (Fsp3) is 0.294. The molecule has 0 spiro atoms. The van der Waals surface area contributed by atoms with Crippen molar-refractivity contribution in [3.63, 3.8) is 0 Å². The van der Waals surface area contributed by atoms with E-state index in [0.29, 0.717) is 5.13 Å². The van der Waals surface area contributed by atoms with Gasteiger partial charge in [-0.25, -0.2) is 4.98 Å². The molecular formula is C17H19N3OS. The van der Waals surface area contributed by atoms with Crippen LogP contribution in [0.5, 0.6) is 0 Å². The fourth-order valence-electron chi connectivity index (χ4n) is 2.27. The number of carbonyl (C=O) groups excluding carboxylic acids is 1. The summed E-state index contributed by atoms with van der Waals surface area (Å²) in [6.07, 6.45) is 1.94. The van der Waals surface area contributed by atoms with E-state index in [0.717, 1.165) is 16.6 Å². The minimum absolute atomic E-state index is 0.00386. The minimum atomic E-state index is -0.0591. The lowest BCUT2D eigenvalue weighted by molar-refractivity contribution is -0.116. The summed E-state index contributed by atoms with van der Waals surface area (Å²) in [7, 11) is 0. The summed E-state index contributed by atoms with van der Waals surface area (Å²) in [6.45, 7) is 6.62. The number of benzene rings is 1. The molecule has 3 rings (SSSR count). The van der Waals surface area contributed by atoms with Crippen molar-refractivity contribution in [2.45, 2.75) is 32.7 Å². The molecule has 2 aromatic heterocycles. The summed E-state index contributed by atoms with van der Waals surface area (Å²) in [5.41, 5.74) is 2.06. The fourth-order valence-corrected chi connectivity index (χ4v) is 3.22. The maximum absolute atomic E-state index is 12.2. The van der Waals surface area contributed by atoms with Crippen molar-refractivity contribution >= 4 is 33.3 Å². The zero-order valence-corrected chi connectivity index (χ0v) is 13.8. The number of thiazole rings is 1. The Morgan fingerprint density at radius 1 is 1.27 bits per heavy atom. The van der Waals surface area contributed by atoms with Gasteiger partial charge in [-0.05, 0) is 17.5 Å². The lowest BCUT2D eigenvalue weighted by atomic mass is 9.93. The molecular weight excluding hydrogens is 294 g/mol. The predicted molar refractivity (Wildman–Crippen MR) is 91.4 cm³/mol. The van der Waals surface area contributed by atoms with Crippen molar-refractivity contribution in [2.24, 2.45) is 0 Å². The van der Waals surface area contributed by atoms with Gasteiger partial charge in [-0.1, -0.05) is 39.0 Å². The monoisotopic (exact) mass is 313 g/mol. The van der Waals surface area contributed by atoms with Crippen LogP contribution in [-0.4, -0.2) is 15.5 Å². The summed E-state index contributed by atoms with van der Waals surface area (Å²) in [6, 6.07) is 10.1. The number of nitrogens with one attached hydrogen (secondary N) is 1. The molecule has 0 aliphatic rings. The Balaban J connectivity index is 1.71. The van der Waals surface area contributed by atoms with E-state index in [2.05, 4.69) is 31.1 Å². The van der Waals surface area contributed by atoms with E-state index < -0.39 is 0 Å². The van der Waals surface area contributed by atoms with Crippen LogP contribution in [0, 0.1) is 0 Å². The smallest absolute Gasteiger partial charge is 0.246 e. The average molecular weight is 313 g/mol. The molecule has 1 amide bonds. The summed E-state index contributed by atoms with van der Waals surface area (Å²) < 4.78 is 1.95.